The first-order valence-electron chi connectivity index (χ1n) is 8.68. The topological polar surface area (TPSA) is 65.8 Å². The lowest BCUT2D eigenvalue weighted by Gasteiger charge is -2.36. The van der Waals surface area contributed by atoms with E-state index >= 15 is 0 Å². The second-order valence-corrected chi connectivity index (χ2v) is 6.30. The number of ether oxygens (including phenoxy) is 2. The van der Waals surface area contributed by atoms with Crippen molar-refractivity contribution in [3.05, 3.63) is 53.6 Å². The molecule has 2 heterocycles. The maximum absolute atomic E-state index is 12.7. The van der Waals surface area contributed by atoms with Crippen molar-refractivity contribution in [3.8, 4) is 17.6 Å². The second kappa shape index (κ2) is 6.96. The van der Waals surface area contributed by atoms with E-state index in [-0.39, 0.29) is 5.91 Å². The summed E-state index contributed by atoms with van der Waals surface area (Å²) in [5, 5.41) is 9.00. The maximum atomic E-state index is 12.7. The lowest BCUT2D eigenvalue weighted by atomic mass is 10.1. The van der Waals surface area contributed by atoms with Crippen molar-refractivity contribution in [1.29, 1.82) is 5.26 Å². The number of carbonyl (C=O) groups is 1. The highest BCUT2D eigenvalue weighted by Crippen LogP contribution is 2.34. The molecule has 0 bridgehead atoms. The van der Waals surface area contributed by atoms with Gasteiger partial charge >= 0.3 is 0 Å². The van der Waals surface area contributed by atoms with Gasteiger partial charge in [-0.25, -0.2) is 0 Å². The van der Waals surface area contributed by atoms with Gasteiger partial charge < -0.3 is 19.3 Å². The molecule has 1 amide bonds. The summed E-state index contributed by atoms with van der Waals surface area (Å²) < 4.78 is 11.2. The molecule has 2 aliphatic rings. The first-order chi connectivity index (χ1) is 12.7. The van der Waals surface area contributed by atoms with Crippen LogP contribution < -0.4 is 14.4 Å². The van der Waals surface area contributed by atoms with Crippen molar-refractivity contribution < 1.29 is 14.3 Å². The first kappa shape index (κ1) is 16.3. The van der Waals surface area contributed by atoms with Crippen LogP contribution in [-0.4, -0.2) is 50.2 Å². The normalized spacial score (nSPS) is 16.1. The van der Waals surface area contributed by atoms with Crippen LogP contribution in [0, 0.1) is 11.3 Å². The van der Waals surface area contributed by atoms with Crippen LogP contribution in [0.3, 0.4) is 0 Å². The largest absolute Gasteiger partial charge is 0.486 e. The number of carbonyl (C=O) groups excluding carboxylic acids is 1. The highest BCUT2D eigenvalue weighted by atomic mass is 16.6. The van der Waals surface area contributed by atoms with Gasteiger partial charge in [-0.15, -0.1) is 0 Å². The Kier molecular flexibility index (Phi) is 4.36. The molecule has 4 rings (SSSR count). The van der Waals surface area contributed by atoms with E-state index in [2.05, 4.69) is 11.0 Å². The van der Waals surface area contributed by atoms with Crippen LogP contribution >= 0.6 is 0 Å². The van der Waals surface area contributed by atoms with Crippen LogP contribution in [0.2, 0.25) is 0 Å². The Balaban J connectivity index is 1.42. The first-order valence-corrected chi connectivity index (χ1v) is 8.68. The Morgan fingerprint density at radius 1 is 0.962 bits per heavy atom. The third kappa shape index (κ3) is 3.16. The zero-order valence-electron chi connectivity index (χ0n) is 14.4. The highest BCUT2D eigenvalue weighted by Gasteiger charge is 2.23. The number of anilines is 1. The predicted octanol–water partition coefficient (Wildman–Crippen LogP) is 2.29. The fourth-order valence-corrected chi connectivity index (χ4v) is 3.30. The molecule has 132 valence electrons. The standard InChI is InChI=1S/C20H19N3O3/c21-14-15-2-1-3-16(12-15)20(24)23-8-6-22(7-9-23)17-4-5-18-19(13-17)26-11-10-25-18/h1-5,12-13H,6-11H2. The molecule has 6 nitrogen and oxygen atoms in total. The summed E-state index contributed by atoms with van der Waals surface area (Å²) in [5.74, 6) is 1.54. The van der Waals surface area contributed by atoms with E-state index in [0.29, 0.717) is 37.4 Å². The molecular formula is C20H19N3O3. The molecule has 2 aromatic rings. The molecule has 1 fully saturated rings. The van der Waals surface area contributed by atoms with Crippen LogP contribution in [0.5, 0.6) is 11.5 Å². The van der Waals surface area contributed by atoms with Crippen LogP contribution in [-0.2, 0) is 0 Å². The van der Waals surface area contributed by atoms with Gasteiger partial charge in [-0.2, -0.15) is 5.26 Å². The number of hydrogen-bond donors (Lipinski definition) is 0. The van der Waals surface area contributed by atoms with Gasteiger partial charge in [0, 0.05) is 43.5 Å². The minimum Gasteiger partial charge on any atom is -0.486 e. The van der Waals surface area contributed by atoms with E-state index < -0.39 is 0 Å². The maximum Gasteiger partial charge on any atom is 0.254 e. The van der Waals surface area contributed by atoms with E-state index in [1.54, 1.807) is 24.3 Å². The monoisotopic (exact) mass is 349 g/mol. The molecule has 0 aromatic heterocycles. The third-order valence-electron chi connectivity index (χ3n) is 4.70. The number of amides is 1. The molecule has 26 heavy (non-hydrogen) atoms. The zero-order valence-corrected chi connectivity index (χ0v) is 14.4. The van der Waals surface area contributed by atoms with Gasteiger partial charge in [0.05, 0.1) is 11.6 Å². The summed E-state index contributed by atoms with van der Waals surface area (Å²) in [6.07, 6.45) is 0. The van der Waals surface area contributed by atoms with E-state index in [9.17, 15) is 4.79 Å². The van der Waals surface area contributed by atoms with E-state index in [1.807, 2.05) is 23.1 Å². The summed E-state index contributed by atoms with van der Waals surface area (Å²) in [6.45, 7) is 3.95. The highest BCUT2D eigenvalue weighted by molar-refractivity contribution is 5.94. The number of nitriles is 1. The molecule has 2 aromatic carbocycles. The van der Waals surface area contributed by atoms with Gasteiger partial charge in [0.25, 0.3) is 5.91 Å². The SMILES string of the molecule is N#Cc1cccc(C(=O)N2CCN(c3ccc4c(c3)OCCO4)CC2)c1. The molecule has 0 radical (unpaired) electrons. The molecule has 0 unspecified atom stereocenters. The molecule has 6 heteroatoms. The van der Waals surface area contributed by atoms with Crippen molar-refractivity contribution in [2.45, 2.75) is 0 Å². The Hall–Kier alpha value is -3.20. The van der Waals surface area contributed by atoms with Crippen molar-refractivity contribution in [3.63, 3.8) is 0 Å². The second-order valence-electron chi connectivity index (χ2n) is 6.30. The molecule has 0 atom stereocenters. The van der Waals surface area contributed by atoms with Crippen LogP contribution in [0.4, 0.5) is 5.69 Å². The summed E-state index contributed by atoms with van der Waals surface area (Å²) in [6, 6.07) is 14.9. The van der Waals surface area contributed by atoms with Gasteiger partial charge in [-0.05, 0) is 30.3 Å². The Labute approximate surface area is 152 Å². The van der Waals surface area contributed by atoms with Gasteiger partial charge in [-0.3, -0.25) is 4.79 Å². The van der Waals surface area contributed by atoms with Gasteiger partial charge in [0.2, 0.25) is 0 Å². The van der Waals surface area contributed by atoms with Crippen molar-refractivity contribution in [1.82, 2.24) is 4.90 Å². The number of benzene rings is 2. The fraction of sp³-hybridized carbons (Fsp3) is 0.300. The lowest BCUT2D eigenvalue weighted by molar-refractivity contribution is 0.0746. The molecule has 2 aliphatic heterocycles. The third-order valence-corrected chi connectivity index (χ3v) is 4.70. The average Bonchev–Trinajstić information content (AvgIpc) is 2.73. The number of rotatable bonds is 2. The van der Waals surface area contributed by atoms with Gasteiger partial charge in [0.1, 0.15) is 13.2 Å². The zero-order chi connectivity index (χ0) is 17.9. The van der Waals surface area contributed by atoms with Crippen molar-refractivity contribution >= 4 is 11.6 Å². The quantitative estimate of drug-likeness (QED) is 0.832. The van der Waals surface area contributed by atoms with Crippen LogP contribution in [0.15, 0.2) is 42.5 Å². The molecule has 0 aliphatic carbocycles. The average molecular weight is 349 g/mol. The predicted molar refractivity (Wildman–Crippen MR) is 96.7 cm³/mol. The Morgan fingerprint density at radius 2 is 1.73 bits per heavy atom. The fourth-order valence-electron chi connectivity index (χ4n) is 3.30. The van der Waals surface area contributed by atoms with Crippen molar-refractivity contribution in [2.75, 3.05) is 44.3 Å². The van der Waals surface area contributed by atoms with Gasteiger partial charge in [0.15, 0.2) is 11.5 Å². The minimum absolute atomic E-state index is 0.0241. The number of piperazine rings is 1. The summed E-state index contributed by atoms with van der Waals surface area (Å²) in [4.78, 5) is 16.7. The van der Waals surface area contributed by atoms with Crippen LogP contribution in [0.1, 0.15) is 15.9 Å². The number of hydrogen-bond acceptors (Lipinski definition) is 5. The number of fused-ring (bicyclic) bond motifs is 1. The van der Waals surface area contributed by atoms with Gasteiger partial charge in [-0.1, -0.05) is 6.07 Å². The molecule has 0 spiro atoms. The summed E-state index contributed by atoms with van der Waals surface area (Å²) in [7, 11) is 0. The summed E-state index contributed by atoms with van der Waals surface area (Å²) in [5.41, 5.74) is 2.15. The lowest BCUT2D eigenvalue weighted by Crippen LogP contribution is -2.48. The van der Waals surface area contributed by atoms with E-state index in [0.717, 1.165) is 30.3 Å². The van der Waals surface area contributed by atoms with E-state index in [4.69, 9.17) is 14.7 Å². The summed E-state index contributed by atoms with van der Waals surface area (Å²) >= 11 is 0. The van der Waals surface area contributed by atoms with Crippen LogP contribution in [0.25, 0.3) is 0 Å². The minimum atomic E-state index is -0.0241. The molecule has 0 saturated carbocycles. The molecular weight excluding hydrogens is 330 g/mol. The molecule has 0 N–H and O–H groups in total. The molecule has 1 saturated heterocycles. The van der Waals surface area contributed by atoms with E-state index in [1.165, 1.54) is 0 Å². The van der Waals surface area contributed by atoms with Crippen molar-refractivity contribution in [2.24, 2.45) is 0 Å². The Morgan fingerprint density at radius 3 is 2.50 bits per heavy atom. The Bertz CT molecular complexity index is 867. The number of nitrogens with zero attached hydrogens (tertiary/aromatic N) is 3. The smallest absolute Gasteiger partial charge is 0.254 e.